The standard InChI is InChI=1S/C22H26N2O4S/c1-14-6-7-16(15(2)12-14)13-19(25)23-22-24(10-11-26-3)20-17(27-4)8-9-18(28-5)21(20)29-22/h6-9,12H,10-11,13H2,1-5H3. The third-order valence-corrected chi connectivity index (χ3v) is 5.86. The Balaban J connectivity index is 2.10. The Morgan fingerprint density at radius 2 is 1.79 bits per heavy atom. The predicted molar refractivity (Wildman–Crippen MR) is 115 cm³/mol. The van der Waals surface area contributed by atoms with Gasteiger partial charge in [0.25, 0.3) is 5.91 Å². The zero-order valence-electron chi connectivity index (χ0n) is 17.4. The van der Waals surface area contributed by atoms with E-state index in [0.717, 1.165) is 27.1 Å². The molecule has 3 aromatic rings. The van der Waals surface area contributed by atoms with Crippen LogP contribution in [0, 0.1) is 13.8 Å². The van der Waals surface area contributed by atoms with Crippen molar-refractivity contribution >= 4 is 27.5 Å². The number of ether oxygens (including phenoxy) is 3. The molecule has 0 saturated carbocycles. The zero-order valence-corrected chi connectivity index (χ0v) is 18.3. The molecule has 154 valence electrons. The summed E-state index contributed by atoms with van der Waals surface area (Å²) in [5, 5.41) is 0. The third-order valence-electron chi connectivity index (χ3n) is 4.77. The number of hydrogen-bond acceptors (Lipinski definition) is 5. The summed E-state index contributed by atoms with van der Waals surface area (Å²) in [4.78, 5) is 17.8. The fourth-order valence-electron chi connectivity index (χ4n) is 3.28. The van der Waals surface area contributed by atoms with E-state index in [1.54, 1.807) is 21.3 Å². The molecule has 29 heavy (non-hydrogen) atoms. The number of aryl methyl sites for hydroxylation is 2. The Hall–Kier alpha value is -2.64. The van der Waals surface area contributed by atoms with Crippen molar-refractivity contribution < 1.29 is 19.0 Å². The molecule has 1 amide bonds. The molecule has 1 heterocycles. The second kappa shape index (κ2) is 9.24. The predicted octanol–water partition coefficient (Wildman–Crippen LogP) is 3.65. The first-order chi connectivity index (χ1) is 14.0. The van der Waals surface area contributed by atoms with Crippen molar-refractivity contribution in [2.24, 2.45) is 4.99 Å². The van der Waals surface area contributed by atoms with E-state index in [-0.39, 0.29) is 12.3 Å². The van der Waals surface area contributed by atoms with Crippen LogP contribution < -0.4 is 14.3 Å². The number of aromatic nitrogens is 1. The number of nitrogens with zero attached hydrogens (tertiary/aromatic N) is 2. The molecule has 0 aliphatic heterocycles. The van der Waals surface area contributed by atoms with Gasteiger partial charge in [-0.1, -0.05) is 35.1 Å². The van der Waals surface area contributed by atoms with E-state index in [1.807, 2.05) is 42.7 Å². The SMILES string of the molecule is COCCn1c(=NC(=O)Cc2ccc(C)cc2C)sc2c(OC)ccc(OC)c21. The lowest BCUT2D eigenvalue weighted by atomic mass is 10.0. The maximum absolute atomic E-state index is 12.8. The van der Waals surface area contributed by atoms with Crippen LogP contribution in [0.25, 0.3) is 10.2 Å². The van der Waals surface area contributed by atoms with Gasteiger partial charge in [-0.2, -0.15) is 4.99 Å². The molecule has 0 fully saturated rings. The fourth-order valence-corrected chi connectivity index (χ4v) is 4.46. The van der Waals surface area contributed by atoms with Crippen molar-refractivity contribution in [1.82, 2.24) is 4.57 Å². The maximum atomic E-state index is 12.8. The Morgan fingerprint density at radius 1 is 1.07 bits per heavy atom. The van der Waals surface area contributed by atoms with Crippen LogP contribution >= 0.6 is 11.3 Å². The summed E-state index contributed by atoms with van der Waals surface area (Å²) < 4.78 is 19.2. The van der Waals surface area contributed by atoms with E-state index in [0.29, 0.717) is 23.7 Å². The second-order valence-electron chi connectivity index (χ2n) is 6.79. The van der Waals surface area contributed by atoms with Crippen molar-refractivity contribution in [2.45, 2.75) is 26.8 Å². The molecule has 0 aliphatic rings. The first-order valence-corrected chi connectivity index (χ1v) is 10.2. The molecule has 1 aromatic heterocycles. The van der Waals surface area contributed by atoms with E-state index < -0.39 is 0 Å². The molecule has 0 radical (unpaired) electrons. The number of hydrogen-bond donors (Lipinski definition) is 0. The molecule has 3 rings (SSSR count). The van der Waals surface area contributed by atoms with Gasteiger partial charge < -0.3 is 18.8 Å². The molecule has 0 spiro atoms. The highest BCUT2D eigenvalue weighted by atomic mass is 32.1. The first-order valence-electron chi connectivity index (χ1n) is 9.35. The zero-order chi connectivity index (χ0) is 21.0. The lowest BCUT2D eigenvalue weighted by Gasteiger charge is -2.10. The Labute approximate surface area is 174 Å². The van der Waals surface area contributed by atoms with Crippen LogP contribution in [-0.2, 0) is 22.5 Å². The summed E-state index contributed by atoms with van der Waals surface area (Å²) >= 11 is 1.42. The number of methoxy groups -OCH3 is 3. The minimum absolute atomic E-state index is 0.187. The smallest absolute Gasteiger partial charge is 0.252 e. The van der Waals surface area contributed by atoms with Crippen molar-refractivity contribution in [3.8, 4) is 11.5 Å². The molecule has 0 saturated heterocycles. The number of amides is 1. The number of benzene rings is 2. The summed E-state index contributed by atoms with van der Waals surface area (Å²) in [6, 6.07) is 9.81. The largest absolute Gasteiger partial charge is 0.495 e. The molecule has 0 N–H and O–H groups in total. The summed E-state index contributed by atoms with van der Waals surface area (Å²) in [5.74, 6) is 1.24. The molecule has 6 nitrogen and oxygen atoms in total. The van der Waals surface area contributed by atoms with Crippen LogP contribution in [0.3, 0.4) is 0 Å². The van der Waals surface area contributed by atoms with E-state index in [2.05, 4.69) is 11.1 Å². The van der Waals surface area contributed by atoms with Gasteiger partial charge in [-0.25, -0.2) is 0 Å². The molecule has 2 aromatic carbocycles. The molecule has 0 unspecified atom stereocenters. The summed E-state index contributed by atoms with van der Waals surface area (Å²) in [5.41, 5.74) is 4.12. The topological polar surface area (TPSA) is 62.1 Å². The Kier molecular flexibility index (Phi) is 6.71. The lowest BCUT2D eigenvalue weighted by Crippen LogP contribution is -2.20. The van der Waals surface area contributed by atoms with Crippen LogP contribution in [0.2, 0.25) is 0 Å². The highest BCUT2D eigenvalue weighted by molar-refractivity contribution is 7.16. The van der Waals surface area contributed by atoms with Gasteiger partial charge in [0.2, 0.25) is 0 Å². The van der Waals surface area contributed by atoms with Gasteiger partial charge in [-0.15, -0.1) is 0 Å². The number of rotatable bonds is 7. The Bertz CT molecular complexity index is 1100. The average molecular weight is 415 g/mol. The number of carbonyl (C=O) groups excluding carboxylic acids is 1. The first kappa shape index (κ1) is 21.1. The van der Waals surface area contributed by atoms with Crippen molar-refractivity contribution in [3.63, 3.8) is 0 Å². The van der Waals surface area contributed by atoms with E-state index in [9.17, 15) is 4.79 Å². The van der Waals surface area contributed by atoms with Gasteiger partial charge >= 0.3 is 0 Å². The van der Waals surface area contributed by atoms with Crippen LogP contribution in [0.4, 0.5) is 0 Å². The normalized spacial score (nSPS) is 11.8. The van der Waals surface area contributed by atoms with Crippen LogP contribution in [0.15, 0.2) is 35.3 Å². The summed E-state index contributed by atoms with van der Waals surface area (Å²) in [6.45, 7) is 5.10. The minimum atomic E-state index is -0.187. The van der Waals surface area contributed by atoms with Gasteiger partial charge in [0.15, 0.2) is 4.80 Å². The highest BCUT2D eigenvalue weighted by Crippen LogP contribution is 2.35. The Morgan fingerprint density at radius 3 is 2.45 bits per heavy atom. The molecule has 0 aliphatic carbocycles. The van der Waals surface area contributed by atoms with Gasteiger partial charge in [0.1, 0.15) is 21.7 Å². The summed E-state index contributed by atoms with van der Waals surface area (Å²) in [7, 11) is 4.90. The van der Waals surface area contributed by atoms with E-state index in [4.69, 9.17) is 14.2 Å². The minimum Gasteiger partial charge on any atom is -0.495 e. The quantitative estimate of drug-likeness (QED) is 0.592. The van der Waals surface area contributed by atoms with Crippen molar-refractivity contribution in [2.75, 3.05) is 27.9 Å². The average Bonchev–Trinajstić information content (AvgIpc) is 3.05. The number of fused-ring (bicyclic) bond motifs is 1. The van der Waals surface area contributed by atoms with Crippen LogP contribution in [0.1, 0.15) is 16.7 Å². The molecular weight excluding hydrogens is 388 g/mol. The van der Waals surface area contributed by atoms with Gasteiger partial charge in [-0.05, 0) is 37.1 Å². The van der Waals surface area contributed by atoms with Gasteiger partial charge in [0.05, 0.1) is 27.2 Å². The fraction of sp³-hybridized carbons (Fsp3) is 0.364. The summed E-state index contributed by atoms with van der Waals surface area (Å²) in [6.07, 6.45) is 0.263. The molecular formula is C22H26N2O4S. The van der Waals surface area contributed by atoms with Crippen molar-refractivity contribution in [3.05, 3.63) is 51.8 Å². The monoisotopic (exact) mass is 414 g/mol. The van der Waals surface area contributed by atoms with Gasteiger partial charge in [-0.3, -0.25) is 4.79 Å². The maximum Gasteiger partial charge on any atom is 0.252 e. The van der Waals surface area contributed by atoms with E-state index >= 15 is 0 Å². The van der Waals surface area contributed by atoms with Crippen LogP contribution in [-0.4, -0.2) is 38.4 Å². The molecule has 7 heteroatoms. The van der Waals surface area contributed by atoms with Gasteiger partial charge in [0, 0.05) is 13.7 Å². The molecule has 0 atom stereocenters. The van der Waals surface area contributed by atoms with E-state index in [1.165, 1.54) is 16.9 Å². The van der Waals surface area contributed by atoms with Crippen LogP contribution in [0.5, 0.6) is 11.5 Å². The number of thiazole rings is 1. The molecule has 0 bridgehead atoms. The highest BCUT2D eigenvalue weighted by Gasteiger charge is 2.16. The third kappa shape index (κ3) is 4.52. The second-order valence-corrected chi connectivity index (χ2v) is 7.77. The lowest BCUT2D eigenvalue weighted by molar-refractivity contribution is -0.117. The number of carbonyl (C=O) groups is 1. The van der Waals surface area contributed by atoms with Crippen molar-refractivity contribution in [1.29, 1.82) is 0 Å².